The van der Waals surface area contributed by atoms with E-state index in [1.807, 2.05) is 0 Å². The molecular weight excluding hydrogens is 322 g/mol. The Morgan fingerprint density at radius 1 is 1.08 bits per heavy atom. The van der Waals surface area contributed by atoms with E-state index in [0.29, 0.717) is 23.5 Å². The van der Waals surface area contributed by atoms with Crippen molar-refractivity contribution in [2.45, 2.75) is 84.2 Å². The fourth-order valence-corrected chi connectivity index (χ4v) is 4.86. The SMILES string of the molecule is CCC(C)(C)C1CCC(O)CC1N1CCC(OCc2ccccc2)CC1. The van der Waals surface area contributed by atoms with Gasteiger partial charge in [-0.25, -0.2) is 0 Å². The van der Waals surface area contributed by atoms with Gasteiger partial charge in [-0.1, -0.05) is 57.5 Å². The molecule has 3 rings (SSSR count). The van der Waals surface area contributed by atoms with Gasteiger partial charge < -0.3 is 9.84 Å². The molecule has 146 valence electrons. The molecule has 26 heavy (non-hydrogen) atoms. The topological polar surface area (TPSA) is 32.7 Å². The molecule has 0 amide bonds. The Bertz CT molecular complexity index is 536. The molecule has 2 fully saturated rings. The molecule has 1 saturated carbocycles. The fourth-order valence-electron chi connectivity index (χ4n) is 4.86. The van der Waals surface area contributed by atoms with Gasteiger partial charge >= 0.3 is 0 Å². The van der Waals surface area contributed by atoms with E-state index in [9.17, 15) is 5.11 Å². The second-order valence-electron chi connectivity index (χ2n) is 9.01. The fraction of sp³-hybridized carbons (Fsp3) is 0.739. The summed E-state index contributed by atoms with van der Waals surface area (Å²) in [7, 11) is 0. The Labute approximate surface area is 159 Å². The van der Waals surface area contributed by atoms with Gasteiger partial charge in [0, 0.05) is 19.1 Å². The highest BCUT2D eigenvalue weighted by Gasteiger charge is 2.41. The smallest absolute Gasteiger partial charge is 0.0720 e. The van der Waals surface area contributed by atoms with Gasteiger partial charge in [0.25, 0.3) is 0 Å². The average molecular weight is 360 g/mol. The molecule has 3 atom stereocenters. The van der Waals surface area contributed by atoms with Crippen molar-refractivity contribution >= 4 is 0 Å². The molecule has 0 spiro atoms. The molecule has 1 heterocycles. The third kappa shape index (κ3) is 4.88. The van der Waals surface area contributed by atoms with Crippen molar-refractivity contribution in [1.82, 2.24) is 4.90 Å². The van der Waals surface area contributed by atoms with E-state index in [-0.39, 0.29) is 6.10 Å². The predicted molar refractivity (Wildman–Crippen MR) is 107 cm³/mol. The van der Waals surface area contributed by atoms with Crippen LogP contribution in [0.3, 0.4) is 0 Å². The van der Waals surface area contributed by atoms with Gasteiger partial charge in [0.15, 0.2) is 0 Å². The molecule has 1 aliphatic heterocycles. The molecule has 0 aromatic heterocycles. The van der Waals surface area contributed by atoms with Crippen LogP contribution >= 0.6 is 0 Å². The van der Waals surface area contributed by atoms with Gasteiger partial charge in [0.2, 0.25) is 0 Å². The van der Waals surface area contributed by atoms with Crippen molar-refractivity contribution in [1.29, 1.82) is 0 Å². The lowest BCUT2D eigenvalue weighted by Crippen LogP contribution is -2.53. The molecule has 1 aromatic carbocycles. The number of hydrogen-bond donors (Lipinski definition) is 1. The Morgan fingerprint density at radius 3 is 2.42 bits per heavy atom. The van der Waals surface area contributed by atoms with Gasteiger partial charge in [0.05, 0.1) is 18.8 Å². The quantitative estimate of drug-likeness (QED) is 0.803. The maximum atomic E-state index is 10.3. The monoisotopic (exact) mass is 359 g/mol. The highest BCUT2D eigenvalue weighted by molar-refractivity contribution is 5.13. The van der Waals surface area contributed by atoms with Crippen LogP contribution < -0.4 is 0 Å². The van der Waals surface area contributed by atoms with Crippen LogP contribution in [0.15, 0.2) is 30.3 Å². The molecule has 0 radical (unpaired) electrons. The maximum Gasteiger partial charge on any atom is 0.0720 e. The van der Waals surface area contributed by atoms with E-state index in [1.54, 1.807) is 0 Å². The molecule has 1 saturated heterocycles. The van der Waals surface area contributed by atoms with Gasteiger partial charge in [-0.3, -0.25) is 4.90 Å². The first kappa shape index (κ1) is 19.9. The number of aliphatic hydroxyl groups excluding tert-OH is 1. The van der Waals surface area contributed by atoms with Crippen LogP contribution in [-0.2, 0) is 11.3 Å². The normalized spacial score (nSPS) is 29.0. The van der Waals surface area contributed by atoms with Crippen LogP contribution in [0, 0.1) is 11.3 Å². The van der Waals surface area contributed by atoms with Crippen LogP contribution in [0.5, 0.6) is 0 Å². The molecule has 3 unspecified atom stereocenters. The summed E-state index contributed by atoms with van der Waals surface area (Å²) in [6.45, 7) is 10.1. The number of rotatable bonds is 6. The number of likely N-dealkylation sites (tertiary alicyclic amines) is 1. The Hall–Kier alpha value is -0.900. The number of aliphatic hydroxyl groups is 1. The number of benzene rings is 1. The van der Waals surface area contributed by atoms with Crippen molar-refractivity contribution < 1.29 is 9.84 Å². The third-order valence-corrected chi connectivity index (χ3v) is 6.98. The van der Waals surface area contributed by atoms with Gasteiger partial charge in [-0.05, 0) is 49.0 Å². The molecule has 3 nitrogen and oxygen atoms in total. The van der Waals surface area contributed by atoms with E-state index in [2.05, 4.69) is 56.0 Å². The summed E-state index contributed by atoms with van der Waals surface area (Å²) in [6.07, 6.45) is 6.77. The van der Waals surface area contributed by atoms with Gasteiger partial charge in [0.1, 0.15) is 0 Å². The third-order valence-electron chi connectivity index (χ3n) is 6.98. The first-order chi connectivity index (χ1) is 12.5. The summed E-state index contributed by atoms with van der Waals surface area (Å²) >= 11 is 0. The zero-order chi connectivity index (χ0) is 18.6. The zero-order valence-corrected chi connectivity index (χ0v) is 16.9. The summed E-state index contributed by atoms with van der Waals surface area (Å²) in [5, 5.41) is 10.3. The van der Waals surface area contributed by atoms with E-state index >= 15 is 0 Å². The van der Waals surface area contributed by atoms with Crippen LogP contribution in [0.1, 0.15) is 64.9 Å². The molecule has 2 aliphatic rings. The Kier molecular flexibility index (Phi) is 6.76. The molecule has 1 aromatic rings. The second kappa shape index (κ2) is 8.86. The maximum absolute atomic E-state index is 10.3. The highest BCUT2D eigenvalue weighted by Crippen LogP contribution is 2.43. The van der Waals surface area contributed by atoms with E-state index in [0.717, 1.165) is 51.8 Å². The first-order valence-electron chi connectivity index (χ1n) is 10.6. The summed E-state index contributed by atoms with van der Waals surface area (Å²) in [6, 6.07) is 11.0. The minimum Gasteiger partial charge on any atom is -0.393 e. The zero-order valence-electron chi connectivity index (χ0n) is 16.9. The molecular formula is C23H37NO2. The van der Waals surface area contributed by atoms with Crippen molar-refractivity contribution in [2.24, 2.45) is 11.3 Å². The second-order valence-corrected chi connectivity index (χ2v) is 9.01. The average Bonchev–Trinajstić information content (AvgIpc) is 2.67. The predicted octanol–water partition coefficient (Wildman–Crippen LogP) is 4.63. The lowest BCUT2D eigenvalue weighted by atomic mass is 9.66. The van der Waals surface area contributed by atoms with E-state index in [1.165, 1.54) is 12.0 Å². The van der Waals surface area contributed by atoms with Crippen molar-refractivity contribution in [3.05, 3.63) is 35.9 Å². The number of nitrogens with zero attached hydrogens (tertiary/aromatic N) is 1. The minimum absolute atomic E-state index is 0.115. The number of piperidine rings is 1. The lowest BCUT2D eigenvalue weighted by Gasteiger charge is -2.49. The van der Waals surface area contributed by atoms with Gasteiger partial charge in [-0.2, -0.15) is 0 Å². The van der Waals surface area contributed by atoms with Gasteiger partial charge in [-0.15, -0.1) is 0 Å². The number of hydrogen-bond acceptors (Lipinski definition) is 3. The molecule has 1 aliphatic carbocycles. The highest BCUT2D eigenvalue weighted by atomic mass is 16.5. The van der Waals surface area contributed by atoms with Crippen molar-refractivity contribution in [3.63, 3.8) is 0 Å². The summed E-state index contributed by atoms with van der Waals surface area (Å²) < 4.78 is 6.17. The Balaban J connectivity index is 1.53. The molecule has 1 N–H and O–H groups in total. The van der Waals surface area contributed by atoms with E-state index in [4.69, 9.17) is 4.74 Å². The summed E-state index contributed by atoms with van der Waals surface area (Å²) in [4.78, 5) is 2.66. The largest absolute Gasteiger partial charge is 0.393 e. The first-order valence-corrected chi connectivity index (χ1v) is 10.6. The summed E-state index contributed by atoms with van der Waals surface area (Å²) in [5.41, 5.74) is 1.61. The Morgan fingerprint density at radius 2 is 1.77 bits per heavy atom. The van der Waals surface area contributed by atoms with Crippen molar-refractivity contribution in [3.8, 4) is 0 Å². The van der Waals surface area contributed by atoms with Crippen LogP contribution in [-0.4, -0.2) is 41.3 Å². The van der Waals surface area contributed by atoms with Crippen LogP contribution in [0.25, 0.3) is 0 Å². The number of ether oxygens (including phenoxy) is 1. The standard InChI is InChI=1S/C23H37NO2/c1-4-23(2,3)21-11-10-19(25)16-22(21)24-14-12-20(13-15-24)26-17-18-8-6-5-7-9-18/h5-9,19-22,25H,4,10-17H2,1-3H3. The molecule has 3 heteroatoms. The minimum atomic E-state index is -0.115. The summed E-state index contributed by atoms with van der Waals surface area (Å²) in [5.74, 6) is 0.692. The van der Waals surface area contributed by atoms with Crippen LogP contribution in [0.2, 0.25) is 0 Å². The van der Waals surface area contributed by atoms with Crippen molar-refractivity contribution in [2.75, 3.05) is 13.1 Å². The molecule has 0 bridgehead atoms. The lowest BCUT2D eigenvalue weighted by molar-refractivity contribution is -0.0549. The van der Waals surface area contributed by atoms with Crippen LogP contribution in [0.4, 0.5) is 0 Å². The van der Waals surface area contributed by atoms with E-state index < -0.39 is 0 Å².